The molecule has 0 N–H and O–H groups in total. The standard InChI is InChI=1S/C28H26N2O5/c1-2-16-6-3-4-9-22(16)29-15-19(13-23(29)31)28(34)35-21-8-5-7-20(14-21)30-26(32)24-17-10-11-18(12-17)25(24)27(30)33/h3-11,14,17-19,24-25H,2,12-13,15H2,1H3/t17-,18-,19+,24-,25+/m0/s1. The lowest BCUT2D eigenvalue weighted by Crippen LogP contribution is -2.32. The maximum absolute atomic E-state index is 13.1. The average molecular weight is 471 g/mol. The van der Waals surface area contributed by atoms with Crippen molar-refractivity contribution in [2.45, 2.75) is 26.2 Å². The molecule has 6 rings (SSSR count). The number of carbonyl (C=O) groups excluding carboxylic acids is 4. The SMILES string of the molecule is CCc1ccccc1N1C[C@H](C(=O)Oc2cccc(N3C(=O)[C@@H]4[C@H](C3=O)[C@H]3C=C[C@H]4C3)c2)CC1=O. The van der Waals surface area contributed by atoms with Crippen LogP contribution in [0.1, 0.15) is 25.3 Å². The first-order chi connectivity index (χ1) is 17.0. The molecule has 3 amide bonds. The molecule has 2 saturated heterocycles. The van der Waals surface area contributed by atoms with Crippen LogP contribution in [0.4, 0.5) is 11.4 Å². The Labute approximate surface area is 203 Å². The highest BCUT2D eigenvalue weighted by Crippen LogP contribution is 2.53. The van der Waals surface area contributed by atoms with Gasteiger partial charge in [0, 0.05) is 24.7 Å². The normalized spacial score (nSPS) is 28.8. The van der Waals surface area contributed by atoms with Gasteiger partial charge in [-0.05, 0) is 48.4 Å². The van der Waals surface area contributed by atoms with E-state index in [0.717, 1.165) is 24.1 Å². The number of aryl methyl sites for hydroxylation is 1. The van der Waals surface area contributed by atoms with Crippen LogP contribution in [0.25, 0.3) is 0 Å². The smallest absolute Gasteiger partial charge is 0.316 e. The maximum Gasteiger partial charge on any atom is 0.316 e. The number of allylic oxidation sites excluding steroid dienone is 2. The summed E-state index contributed by atoms with van der Waals surface area (Å²) in [4.78, 5) is 54.8. The Morgan fingerprint density at radius 1 is 0.971 bits per heavy atom. The Kier molecular flexibility index (Phi) is 5.09. The second-order valence-electron chi connectivity index (χ2n) is 9.82. The molecule has 1 saturated carbocycles. The topological polar surface area (TPSA) is 84.0 Å². The third-order valence-electron chi connectivity index (χ3n) is 7.89. The highest BCUT2D eigenvalue weighted by molar-refractivity contribution is 6.22. The molecule has 3 fully saturated rings. The van der Waals surface area contributed by atoms with E-state index in [0.29, 0.717) is 5.69 Å². The summed E-state index contributed by atoms with van der Waals surface area (Å²) < 4.78 is 5.63. The number of carbonyl (C=O) groups is 4. The predicted molar refractivity (Wildman–Crippen MR) is 129 cm³/mol. The second kappa shape index (κ2) is 8.18. The van der Waals surface area contributed by atoms with Gasteiger partial charge in [-0.2, -0.15) is 0 Å². The quantitative estimate of drug-likeness (QED) is 0.289. The van der Waals surface area contributed by atoms with Gasteiger partial charge in [0.2, 0.25) is 17.7 Å². The Hall–Kier alpha value is -3.74. The summed E-state index contributed by atoms with van der Waals surface area (Å²) in [6.07, 6.45) is 5.86. The highest BCUT2D eigenvalue weighted by Gasteiger charge is 2.59. The zero-order chi connectivity index (χ0) is 24.3. The van der Waals surface area contributed by atoms with Crippen LogP contribution in [0.15, 0.2) is 60.7 Å². The van der Waals surface area contributed by atoms with Crippen molar-refractivity contribution in [1.82, 2.24) is 0 Å². The molecule has 0 aromatic heterocycles. The van der Waals surface area contributed by atoms with E-state index in [9.17, 15) is 19.2 Å². The van der Waals surface area contributed by atoms with E-state index >= 15 is 0 Å². The summed E-state index contributed by atoms with van der Waals surface area (Å²) in [5.41, 5.74) is 2.30. The molecule has 178 valence electrons. The van der Waals surface area contributed by atoms with Gasteiger partial charge in [-0.1, -0.05) is 43.3 Å². The van der Waals surface area contributed by atoms with Crippen molar-refractivity contribution in [2.24, 2.45) is 29.6 Å². The zero-order valence-corrected chi connectivity index (χ0v) is 19.4. The van der Waals surface area contributed by atoms with Gasteiger partial charge in [0.25, 0.3) is 0 Å². The van der Waals surface area contributed by atoms with Crippen LogP contribution in [-0.4, -0.2) is 30.2 Å². The number of rotatable bonds is 5. The van der Waals surface area contributed by atoms with Gasteiger partial charge in [0.15, 0.2) is 0 Å². The fourth-order valence-corrected chi connectivity index (χ4v) is 6.21. The molecule has 35 heavy (non-hydrogen) atoms. The van der Waals surface area contributed by atoms with E-state index in [4.69, 9.17) is 4.74 Å². The van der Waals surface area contributed by atoms with Crippen molar-refractivity contribution in [3.8, 4) is 5.75 Å². The van der Waals surface area contributed by atoms with Crippen molar-refractivity contribution in [2.75, 3.05) is 16.3 Å². The van der Waals surface area contributed by atoms with Crippen LogP contribution in [0.3, 0.4) is 0 Å². The second-order valence-corrected chi connectivity index (χ2v) is 9.82. The highest BCUT2D eigenvalue weighted by atomic mass is 16.5. The van der Waals surface area contributed by atoms with Crippen LogP contribution in [0.5, 0.6) is 5.75 Å². The summed E-state index contributed by atoms with van der Waals surface area (Å²) >= 11 is 0. The van der Waals surface area contributed by atoms with Gasteiger partial charge in [-0.25, -0.2) is 4.90 Å². The monoisotopic (exact) mass is 470 g/mol. The minimum atomic E-state index is -0.591. The van der Waals surface area contributed by atoms with E-state index in [-0.39, 0.29) is 60.1 Å². The molecule has 2 aliphatic heterocycles. The molecule has 7 nitrogen and oxygen atoms in total. The summed E-state index contributed by atoms with van der Waals surface area (Å²) in [6.45, 7) is 2.29. The van der Waals surface area contributed by atoms with Crippen molar-refractivity contribution >= 4 is 35.1 Å². The molecule has 2 aliphatic carbocycles. The first-order valence-corrected chi connectivity index (χ1v) is 12.2. The summed E-state index contributed by atoms with van der Waals surface area (Å²) in [5, 5.41) is 0. The number of hydrogen-bond acceptors (Lipinski definition) is 5. The van der Waals surface area contributed by atoms with Crippen molar-refractivity contribution in [3.63, 3.8) is 0 Å². The van der Waals surface area contributed by atoms with Crippen LogP contribution in [-0.2, 0) is 25.6 Å². The van der Waals surface area contributed by atoms with E-state index in [1.807, 2.05) is 31.2 Å². The number of amides is 3. The summed E-state index contributed by atoms with van der Waals surface area (Å²) in [7, 11) is 0. The van der Waals surface area contributed by atoms with Crippen LogP contribution >= 0.6 is 0 Å². The average Bonchev–Trinajstić information content (AvgIpc) is 3.62. The van der Waals surface area contributed by atoms with E-state index in [1.165, 1.54) is 4.90 Å². The first kappa shape index (κ1) is 21.8. The third-order valence-corrected chi connectivity index (χ3v) is 7.89. The number of imide groups is 1. The van der Waals surface area contributed by atoms with Gasteiger partial charge in [-0.15, -0.1) is 0 Å². The van der Waals surface area contributed by atoms with Gasteiger partial charge >= 0.3 is 5.97 Å². The van der Waals surface area contributed by atoms with Crippen molar-refractivity contribution in [3.05, 3.63) is 66.2 Å². The van der Waals surface area contributed by atoms with Gasteiger partial charge in [0.05, 0.1) is 23.4 Å². The third kappa shape index (κ3) is 3.40. The molecule has 2 heterocycles. The molecule has 2 aromatic carbocycles. The number of esters is 1. The largest absolute Gasteiger partial charge is 0.426 e. The minimum absolute atomic E-state index is 0.0821. The number of anilines is 2. The number of benzene rings is 2. The predicted octanol–water partition coefficient (Wildman–Crippen LogP) is 3.52. The molecular formula is C28H26N2O5. The lowest BCUT2D eigenvalue weighted by molar-refractivity contribution is -0.139. The van der Waals surface area contributed by atoms with Crippen LogP contribution in [0, 0.1) is 29.6 Å². The van der Waals surface area contributed by atoms with Crippen molar-refractivity contribution in [1.29, 1.82) is 0 Å². The van der Waals surface area contributed by atoms with Crippen LogP contribution < -0.4 is 14.5 Å². The lowest BCUT2D eigenvalue weighted by atomic mass is 9.85. The Balaban J connectivity index is 1.17. The lowest BCUT2D eigenvalue weighted by Gasteiger charge is -2.20. The molecule has 2 bridgehead atoms. The zero-order valence-electron chi connectivity index (χ0n) is 19.4. The molecule has 7 heteroatoms. The molecule has 2 aromatic rings. The number of fused-ring (bicyclic) bond motifs is 5. The number of hydrogen-bond donors (Lipinski definition) is 0. The molecule has 0 spiro atoms. The Bertz CT molecular complexity index is 1250. The van der Waals surface area contributed by atoms with E-state index in [1.54, 1.807) is 29.2 Å². The Morgan fingerprint density at radius 2 is 1.69 bits per heavy atom. The maximum atomic E-state index is 13.1. The fourth-order valence-electron chi connectivity index (χ4n) is 6.21. The van der Waals surface area contributed by atoms with Crippen molar-refractivity contribution < 1.29 is 23.9 Å². The number of para-hydroxylation sites is 1. The molecule has 0 unspecified atom stereocenters. The Morgan fingerprint density at radius 3 is 2.40 bits per heavy atom. The fraction of sp³-hybridized carbons (Fsp3) is 0.357. The molecule has 5 atom stereocenters. The number of nitrogens with zero attached hydrogens (tertiary/aromatic N) is 2. The van der Waals surface area contributed by atoms with E-state index in [2.05, 4.69) is 12.2 Å². The molecular weight excluding hydrogens is 444 g/mol. The first-order valence-electron chi connectivity index (χ1n) is 12.2. The number of ether oxygens (including phenoxy) is 1. The van der Waals surface area contributed by atoms with Gasteiger partial charge in [-0.3, -0.25) is 19.2 Å². The van der Waals surface area contributed by atoms with Gasteiger partial charge in [0.1, 0.15) is 5.75 Å². The van der Waals surface area contributed by atoms with E-state index < -0.39 is 11.9 Å². The minimum Gasteiger partial charge on any atom is -0.426 e. The van der Waals surface area contributed by atoms with Crippen LogP contribution in [0.2, 0.25) is 0 Å². The summed E-state index contributed by atoms with van der Waals surface area (Å²) in [5.74, 6) is -1.59. The molecule has 0 radical (unpaired) electrons. The molecule has 4 aliphatic rings. The summed E-state index contributed by atoms with van der Waals surface area (Å²) in [6, 6.07) is 14.2. The van der Waals surface area contributed by atoms with Gasteiger partial charge < -0.3 is 9.64 Å².